The van der Waals surface area contributed by atoms with Crippen molar-refractivity contribution in [3.8, 4) is 0 Å². The van der Waals surface area contributed by atoms with Crippen LogP contribution in [0, 0.1) is 5.92 Å². The number of nitrogens with zero attached hydrogens (tertiary/aromatic N) is 1. The van der Waals surface area contributed by atoms with E-state index in [9.17, 15) is 4.79 Å². The molecule has 1 saturated heterocycles. The van der Waals surface area contributed by atoms with Crippen LogP contribution in [0.2, 0.25) is 0 Å². The Morgan fingerprint density at radius 3 is 2.70 bits per heavy atom. The van der Waals surface area contributed by atoms with Crippen molar-refractivity contribution < 1.29 is 14.3 Å². The van der Waals surface area contributed by atoms with Gasteiger partial charge in [-0.2, -0.15) is 0 Å². The van der Waals surface area contributed by atoms with Crippen LogP contribution in [0.4, 0.5) is 0 Å². The molecule has 0 aromatic carbocycles. The summed E-state index contributed by atoms with van der Waals surface area (Å²) in [7, 11) is 3.17. The van der Waals surface area contributed by atoms with Crippen LogP contribution in [0.3, 0.4) is 0 Å². The molecule has 1 rings (SSSR count). The van der Waals surface area contributed by atoms with Crippen molar-refractivity contribution in [2.45, 2.75) is 51.2 Å². The van der Waals surface area contributed by atoms with E-state index >= 15 is 0 Å². The normalized spacial score (nSPS) is 27.1. The second-order valence-corrected chi connectivity index (χ2v) is 6.21. The molecule has 20 heavy (non-hydrogen) atoms. The Morgan fingerprint density at radius 2 is 2.10 bits per heavy atom. The van der Waals surface area contributed by atoms with Crippen LogP contribution in [-0.4, -0.2) is 56.4 Å². The number of carbonyl (C=O) groups is 1. The molecule has 3 atom stereocenters. The molecule has 0 aromatic heterocycles. The van der Waals surface area contributed by atoms with Crippen molar-refractivity contribution in [3.05, 3.63) is 0 Å². The molecule has 5 heteroatoms. The zero-order valence-electron chi connectivity index (χ0n) is 13.4. The zero-order valence-corrected chi connectivity index (χ0v) is 13.4. The molecule has 1 aliphatic heterocycles. The minimum Gasteiger partial charge on any atom is -0.468 e. The monoisotopic (exact) mass is 286 g/mol. The fourth-order valence-electron chi connectivity index (χ4n) is 2.77. The maximum absolute atomic E-state index is 11.5. The molecule has 0 aromatic rings. The van der Waals surface area contributed by atoms with Crippen LogP contribution in [0.25, 0.3) is 0 Å². The van der Waals surface area contributed by atoms with E-state index in [2.05, 4.69) is 11.8 Å². The quantitative estimate of drug-likeness (QED) is 0.566. The Labute approximate surface area is 122 Å². The van der Waals surface area contributed by atoms with E-state index in [1.807, 2.05) is 0 Å². The zero-order chi connectivity index (χ0) is 15.2. The molecule has 0 bridgehead atoms. The number of piperidine rings is 1. The van der Waals surface area contributed by atoms with Gasteiger partial charge in [0.05, 0.1) is 13.2 Å². The lowest BCUT2D eigenvalue weighted by atomic mass is 9.94. The minimum atomic E-state index is -0.861. The van der Waals surface area contributed by atoms with Crippen molar-refractivity contribution in [2.75, 3.05) is 33.9 Å². The van der Waals surface area contributed by atoms with Crippen molar-refractivity contribution in [1.82, 2.24) is 4.90 Å². The molecule has 5 nitrogen and oxygen atoms in total. The molecule has 0 saturated carbocycles. The molecule has 0 spiro atoms. The van der Waals surface area contributed by atoms with E-state index in [0.29, 0.717) is 18.4 Å². The number of hydrogen-bond acceptors (Lipinski definition) is 5. The van der Waals surface area contributed by atoms with Crippen molar-refractivity contribution >= 4 is 5.97 Å². The third-order valence-corrected chi connectivity index (χ3v) is 4.35. The summed E-state index contributed by atoms with van der Waals surface area (Å²) in [6, 6.07) is 0. The first-order chi connectivity index (χ1) is 9.40. The molecule has 0 aliphatic carbocycles. The molecule has 0 amide bonds. The molecule has 3 unspecified atom stereocenters. The van der Waals surface area contributed by atoms with Crippen molar-refractivity contribution in [3.63, 3.8) is 0 Å². The summed E-state index contributed by atoms with van der Waals surface area (Å²) in [6.45, 7) is 7.18. The first-order valence-corrected chi connectivity index (χ1v) is 7.53. The first kappa shape index (κ1) is 17.4. The number of likely N-dealkylation sites (tertiary alicyclic amines) is 1. The number of rotatable bonds is 7. The molecule has 0 radical (unpaired) electrons. The Kier molecular flexibility index (Phi) is 6.92. The molecular formula is C15H30N2O3. The van der Waals surface area contributed by atoms with Crippen molar-refractivity contribution in [1.29, 1.82) is 0 Å². The lowest BCUT2D eigenvalue weighted by Crippen LogP contribution is -2.46. The molecule has 2 N–H and O–H groups in total. The van der Waals surface area contributed by atoms with Crippen LogP contribution >= 0.6 is 0 Å². The fourth-order valence-corrected chi connectivity index (χ4v) is 2.77. The Bertz CT molecular complexity index is 307. The van der Waals surface area contributed by atoms with Gasteiger partial charge in [-0.25, -0.2) is 0 Å². The summed E-state index contributed by atoms with van der Waals surface area (Å²) in [5, 5.41) is 0. The molecule has 1 aliphatic rings. The lowest BCUT2D eigenvalue weighted by Gasteiger charge is -2.36. The highest BCUT2D eigenvalue weighted by atomic mass is 16.5. The van der Waals surface area contributed by atoms with E-state index in [1.54, 1.807) is 14.0 Å². The second kappa shape index (κ2) is 7.96. The molecular weight excluding hydrogens is 256 g/mol. The summed E-state index contributed by atoms with van der Waals surface area (Å²) >= 11 is 0. The highest BCUT2D eigenvalue weighted by Gasteiger charge is 2.29. The van der Waals surface area contributed by atoms with Gasteiger partial charge < -0.3 is 20.1 Å². The summed E-state index contributed by atoms with van der Waals surface area (Å²) in [6.07, 6.45) is 4.19. The maximum Gasteiger partial charge on any atom is 0.325 e. The second-order valence-electron chi connectivity index (χ2n) is 6.21. The summed E-state index contributed by atoms with van der Waals surface area (Å²) < 4.78 is 10.2. The average Bonchev–Trinajstić information content (AvgIpc) is 2.44. The van der Waals surface area contributed by atoms with Gasteiger partial charge >= 0.3 is 5.97 Å². The van der Waals surface area contributed by atoms with Gasteiger partial charge in [0.25, 0.3) is 0 Å². The van der Waals surface area contributed by atoms with Crippen LogP contribution in [0.1, 0.15) is 39.5 Å². The molecule has 1 fully saturated rings. The van der Waals surface area contributed by atoms with E-state index < -0.39 is 5.54 Å². The Hall–Kier alpha value is -0.650. The number of methoxy groups -OCH3 is 2. The summed E-state index contributed by atoms with van der Waals surface area (Å²) in [4.78, 5) is 13.9. The van der Waals surface area contributed by atoms with Gasteiger partial charge in [0.1, 0.15) is 5.54 Å². The van der Waals surface area contributed by atoms with Gasteiger partial charge in [0, 0.05) is 13.7 Å². The standard InChI is InChI=1S/C15H30N2O3/c1-12-7-10-17(11-13(12)19-3)9-6-5-8-15(2,16)14(18)20-4/h12-13H,5-11,16H2,1-4H3. The Balaban J connectivity index is 2.23. The van der Waals surface area contributed by atoms with E-state index in [1.165, 1.54) is 13.5 Å². The predicted octanol–water partition coefficient (Wildman–Crippen LogP) is 1.40. The lowest BCUT2D eigenvalue weighted by molar-refractivity contribution is -0.146. The van der Waals surface area contributed by atoms with Crippen LogP contribution < -0.4 is 5.73 Å². The highest BCUT2D eigenvalue weighted by molar-refractivity contribution is 5.79. The minimum absolute atomic E-state index is 0.330. The van der Waals surface area contributed by atoms with Crippen LogP contribution in [0.15, 0.2) is 0 Å². The van der Waals surface area contributed by atoms with Gasteiger partial charge in [-0.3, -0.25) is 4.79 Å². The van der Waals surface area contributed by atoms with Gasteiger partial charge in [-0.05, 0) is 51.6 Å². The van der Waals surface area contributed by atoms with Gasteiger partial charge in [0.15, 0.2) is 0 Å². The van der Waals surface area contributed by atoms with Crippen LogP contribution in [-0.2, 0) is 14.3 Å². The number of hydrogen-bond donors (Lipinski definition) is 1. The number of nitrogens with two attached hydrogens (primary N) is 1. The largest absolute Gasteiger partial charge is 0.468 e. The third-order valence-electron chi connectivity index (χ3n) is 4.35. The third kappa shape index (κ3) is 5.04. The summed E-state index contributed by atoms with van der Waals surface area (Å²) in [5.74, 6) is 0.312. The predicted molar refractivity (Wildman–Crippen MR) is 79.5 cm³/mol. The first-order valence-electron chi connectivity index (χ1n) is 7.53. The van der Waals surface area contributed by atoms with E-state index in [-0.39, 0.29) is 5.97 Å². The fraction of sp³-hybridized carbons (Fsp3) is 0.933. The highest BCUT2D eigenvalue weighted by Crippen LogP contribution is 2.20. The summed E-state index contributed by atoms with van der Waals surface area (Å²) in [5.41, 5.74) is 5.08. The maximum atomic E-state index is 11.5. The van der Waals surface area contributed by atoms with Gasteiger partial charge in [-0.15, -0.1) is 0 Å². The van der Waals surface area contributed by atoms with Crippen LogP contribution in [0.5, 0.6) is 0 Å². The molecule has 118 valence electrons. The molecule has 1 heterocycles. The average molecular weight is 286 g/mol. The number of esters is 1. The topological polar surface area (TPSA) is 64.8 Å². The number of ether oxygens (including phenoxy) is 2. The SMILES string of the molecule is COC(=O)C(C)(N)CCCCN1CCC(C)C(OC)C1. The van der Waals surface area contributed by atoms with Gasteiger partial charge in [-0.1, -0.05) is 6.92 Å². The van der Waals surface area contributed by atoms with E-state index in [4.69, 9.17) is 15.2 Å². The van der Waals surface area contributed by atoms with Crippen molar-refractivity contribution in [2.24, 2.45) is 11.7 Å². The van der Waals surface area contributed by atoms with E-state index in [0.717, 1.165) is 32.5 Å². The van der Waals surface area contributed by atoms with Gasteiger partial charge in [0.2, 0.25) is 0 Å². The smallest absolute Gasteiger partial charge is 0.325 e. The number of carbonyl (C=O) groups excluding carboxylic acids is 1. The Morgan fingerprint density at radius 1 is 1.40 bits per heavy atom. The number of unbranched alkanes of at least 4 members (excludes halogenated alkanes) is 1.